The molecule has 18 heavy (non-hydrogen) atoms. The van der Waals surface area contributed by atoms with Crippen molar-refractivity contribution in [3.8, 4) is 0 Å². The fourth-order valence-electron chi connectivity index (χ4n) is 2.69. The fraction of sp³-hybridized carbons (Fsp3) is 0.600. The molecule has 1 aliphatic heterocycles. The van der Waals surface area contributed by atoms with E-state index < -0.39 is 0 Å². The van der Waals surface area contributed by atoms with E-state index in [0.717, 1.165) is 12.2 Å². The van der Waals surface area contributed by atoms with Crippen LogP contribution < -0.4 is 5.73 Å². The molecule has 1 aromatic carbocycles. The molecule has 1 aromatic rings. The molecule has 1 heterocycles. The summed E-state index contributed by atoms with van der Waals surface area (Å²) in [6.45, 7) is 5.52. The number of likely N-dealkylation sites (N-methyl/N-ethyl adjacent to an activating group) is 1. The van der Waals surface area contributed by atoms with Gasteiger partial charge in [-0.1, -0.05) is 12.1 Å². The number of piperidine rings is 1. The van der Waals surface area contributed by atoms with Gasteiger partial charge in [0.15, 0.2) is 0 Å². The van der Waals surface area contributed by atoms with Crippen LogP contribution in [0.3, 0.4) is 0 Å². The number of nitrogens with two attached hydrogens (primary N) is 1. The highest BCUT2D eigenvalue weighted by molar-refractivity contribution is 5.47. The van der Waals surface area contributed by atoms with Crippen LogP contribution in [-0.2, 0) is 6.54 Å². The lowest BCUT2D eigenvalue weighted by Gasteiger charge is -2.36. The van der Waals surface area contributed by atoms with Crippen molar-refractivity contribution >= 4 is 5.69 Å². The van der Waals surface area contributed by atoms with E-state index in [-0.39, 0.29) is 0 Å². The molecule has 0 spiro atoms. The van der Waals surface area contributed by atoms with Crippen molar-refractivity contribution in [3.05, 3.63) is 29.3 Å². The van der Waals surface area contributed by atoms with Gasteiger partial charge in [-0.3, -0.25) is 4.90 Å². The Morgan fingerprint density at radius 1 is 1.39 bits per heavy atom. The van der Waals surface area contributed by atoms with Gasteiger partial charge in [-0.25, -0.2) is 0 Å². The summed E-state index contributed by atoms with van der Waals surface area (Å²) >= 11 is 0. The van der Waals surface area contributed by atoms with Crippen LogP contribution in [0.1, 0.15) is 24.0 Å². The molecule has 3 heteroatoms. The number of hydrogen-bond acceptors (Lipinski definition) is 3. The summed E-state index contributed by atoms with van der Waals surface area (Å²) in [5.41, 5.74) is 9.32. The van der Waals surface area contributed by atoms with Crippen LogP contribution in [-0.4, -0.2) is 43.0 Å². The Labute approximate surface area is 111 Å². The second kappa shape index (κ2) is 5.72. The lowest BCUT2D eigenvalue weighted by atomic mass is 10.0. The average molecular weight is 247 g/mol. The average Bonchev–Trinajstić information content (AvgIpc) is 2.34. The monoisotopic (exact) mass is 247 g/mol. The van der Waals surface area contributed by atoms with Gasteiger partial charge < -0.3 is 10.6 Å². The van der Waals surface area contributed by atoms with Crippen molar-refractivity contribution in [1.29, 1.82) is 0 Å². The highest BCUT2D eigenvalue weighted by Gasteiger charge is 2.21. The first-order chi connectivity index (χ1) is 8.56. The minimum Gasteiger partial charge on any atom is -0.399 e. The molecule has 3 nitrogen and oxygen atoms in total. The van der Waals surface area contributed by atoms with Gasteiger partial charge in [-0.15, -0.1) is 0 Å². The highest BCUT2D eigenvalue weighted by atomic mass is 15.2. The molecule has 0 aromatic heterocycles. The van der Waals surface area contributed by atoms with Crippen LogP contribution >= 0.6 is 0 Å². The predicted molar refractivity (Wildman–Crippen MR) is 77.6 cm³/mol. The molecule has 2 rings (SSSR count). The molecule has 0 amide bonds. The summed E-state index contributed by atoms with van der Waals surface area (Å²) in [4.78, 5) is 4.90. The van der Waals surface area contributed by atoms with E-state index >= 15 is 0 Å². The first-order valence-corrected chi connectivity index (χ1v) is 6.80. The van der Waals surface area contributed by atoms with E-state index in [1.165, 1.54) is 37.1 Å². The number of rotatable bonds is 3. The van der Waals surface area contributed by atoms with Crippen molar-refractivity contribution in [1.82, 2.24) is 9.80 Å². The zero-order valence-corrected chi connectivity index (χ0v) is 11.8. The Balaban J connectivity index is 1.98. The topological polar surface area (TPSA) is 32.5 Å². The molecule has 100 valence electrons. The van der Waals surface area contributed by atoms with Gasteiger partial charge >= 0.3 is 0 Å². The number of nitrogen functional groups attached to an aromatic ring is 1. The molecule has 1 fully saturated rings. The molecule has 0 bridgehead atoms. The van der Waals surface area contributed by atoms with Crippen LogP contribution in [0.25, 0.3) is 0 Å². The van der Waals surface area contributed by atoms with Gasteiger partial charge in [0.05, 0.1) is 0 Å². The number of hydrogen-bond donors (Lipinski definition) is 1. The first kappa shape index (κ1) is 13.4. The molecule has 0 saturated carbocycles. The molecule has 1 saturated heterocycles. The van der Waals surface area contributed by atoms with E-state index in [1.54, 1.807) is 0 Å². The maximum absolute atomic E-state index is 5.86. The second-order valence-corrected chi connectivity index (χ2v) is 5.69. The zero-order valence-electron chi connectivity index (χ0n) is 11.8. The van der Waals surface area contributed by atoms with Crippen molar-refractivity contribution in [2.45, 2.75) is 32.4 Å². The predicted octanol–water partition coefficient (Wildman–Crippen LogP) is 2.10. The van der Waals surface area contributed by atoms with Gasteiger partial charge in [-0.2, -0.15) is 0 Å². The molecule has 1 unspecified atom stereocenters. The summed E-state index contributed by atoms with van der Waals surface area (Å²) in [7, 11) is 4.36. The SMILES string of the molecule is Cc1cc(CN2CCCC(N(C)C)C2)ccc1N. The Hall–Kier alpha value is -1.06. The van der Waals surface area contributed by atoms with Crippen molar-refractivity contribution in [3.63, 3.8) is 0 Å². The summed E-state index contributed by atoms with van der Waals surface area (Å²) in [6, 6.07) is 7.10. The summed E-state index contributed by atoms with van der Waals surface area (Å²) in [5.74, 6) is 0. The summed E-state index contributed by atoms with van der Waals surface area (Å²) in [5, 5.41) is 0. The van der Waals surface area contributed by atoms with Gasteiger partial charge in [0.25, 0.3) is 0 Å². The Bertz CT molecular complexity index is 401. The Morgan fingerprint density at radius 3 is 2.83 bits per heavy atom. The second-order valence-electron chi connectivity index (χ2n) is 5.69. The standard InChI is InChI=1S/C15H25N3/c1-12-9-13(6-7-15(12)16)10-18-8-4-5-14(11-18)17(2)3/h6-7,9,14H,4-5,8,10-11,16H2,1-3H3. The molecule has 1 atom stereocenters. The quantitative estimate of drug-likeness (QED) is 0.830. The molecular weight excluding hydrogens is 222 g/mol. The highest BCUT2D eigenvalue weighted by Crippen LogP contribution is 2.18. The Kier molecular flexibility index (Phi) is 4.25. The van der Waals surface area contributed by atoms with Crippen LogP contribution in [0.15, 0.2) is 18.2 Å². The number of aryl methyl sites for hydroxylation is 1. The van der Waals surface area contributed by atoms with Crippen LogP contribution in [0, 0.1) is 6.92 Å². The third-order valence-electron chi connectivity index (χ3n) is 3.95. The van der Waals surface area contributed by atoms with Crippen molar-refractivity contribution in [2.24, 2.45) is 0 Å². The van der Waals surface area contributed by atoms with E-state index in [9.17, 15) is 0 Å². The maximum Gasteiger partial charge on any atom is 0.0343 e. The maximum atomic E-state index is 5.86. The lowest BCUT2D eigenvalue weighted by Crippen LogP contribution is -2.44. The van der Waals surface area contributed by atoms with Crippen molar-refractivity contribution in [2.75, 3.05) is 32.9 Å². The van der Waals surface area contributed by atoms with E-state index in [0.29, 0.717) is 6.04 Å². The number of benzene rings is 1. The first-order valence-electron chi connectivity index (χ1n) is 6.80. The van der Waals surface area contributed by atoms with Crippen LogP contribution in [0.5, 0.6) is 0 Å². The number of anilines is 1. The third-order valence-corrected chi connectivity index (χ3v) is 3.95. The molecule has 1 aliphatic rings. The molecule has 0 aliphatic carbocycles. The van der Waals surface area contributed by atoms with Crippen LogP contribution in [0.4, 0.5) is 5.69 Å². The minimum atomic E-state index is 0.702. The largest absolute Gasteiger partial charge is 0.399 e. The normalized spacial score (nSPS) is 21.4. The van der Waals surface area contributed by atoms with Gasteiger partial charge in [0, 0.05) is 24.8 Å². The van der Waals surface area contributed by atoms with E-state index in [4.69, 9.17) is 5.73 Å². The smallest absolute Gasteiger partial charge is 0.0343 e. The summed E-state index contributed by atoms with van der Waals surface area (Å²) in [6.07, 6.45) is 2.63. The summed E-state index contributed by atoms with van der Waals surface area (Å²) < 4.78 is 0. The molecular formula is C15H25N3. The minimum absolute atomic E-state index is 0.702. The third kappa shape index (κ3) is 3.24. The van der Waals surface area contributed by atoms with Crippen molar-refractivity contribution < 1.29 is 0 Å². The Morgan fingerprint density at radius 2 is 2.17 bits per heavy atom. The van der Waals surface area contributed by atoms with Gasteiger partial charge in [0.1, 0.15) is 0 Å². The van der Waals surface area contributed by atoms with E-state index in [2.05, 4.69) is 43.0 Å². The number of likely N-dealkylation sites (tertiary alicyclic amines) is 1. The van der Waals surface area contributed by atoms with Gasteiger partial charge in [-0.05, 0) is 57.6 Å². The van der Waals surface area contributed by atoms with E-state index in [1.807, 2.05) is 6.07 Å². The fourth-order valence-corrected chi connectivity index (χ4v) is 2.69. The number of nitrogens with zero attached hydrogens (tertiary/aromatic N) is 2. The zero-order chi connectivity index (χ0) is 13.1. The molecule has 0 radical (unpaired) electrons. The molecule has 2 N–H and O–H groups in total. The van der Waals surface area contributed by atoms with Gasteiger partial charge in [0.2, 0.25) is 0 Å². The van der Waals surface area contributed by atoms with Crippen LogP contribution in [0.2, 0.25) is 0 Å². The lowest BCUT2D eigenvalue weighted by molar-refractivity contribution is 0.128.